The molecule has 1 aromatic rings. The lowest BCUT2D eigenvalue weighted by Gasteiger charge is -2.39. The fourth-order valence-corrected chi connectivity index (χ4v) is 4.78. The zero-order valence-electron chi connectivity index (χ0n) is 20.7. The largest absolute Gasteiger partial charge is 0.497 e. The monoisotopic (exact) mass is 447 g/mol. The number of nitrogens with zero attached hydrogens (tertiary/aromatic N) is 3. The van der Waals surface area contributed by atoms with E-state index in [4.69, 9.17) is 14.2 Å². The lowest BCUT2D eigenvalue weighted by atomic mass is 10.0. The minimum atomic E-state index is -0.0378. The number of hydrogen-bond acceptors (Lipinski definition) is 6. The number of amides is 1. The van der Waals surface area contributed by atoms with Crippen LogP contribution in [0.2, 0.25) is 0 Å². The Morgan fingerprint density at radius 2 is 1.56 bits per heavy atom. The van der Waals surface area contributed by atoms with Gasteiger partial charge in [-0.05, 0) is 71.3 Å². The van der Waals surface area contributed by atoms with Crippen molar-refractivity contribution in [2.24, 2.45) is 0 Å². The smallest absolute Gasteiger partial charge is 0.237 e. The van der Waals surface area contributed by atoms with Gasteiger partial charge >= 0.3 is 0 Å². The van der Waals surface area contributed by atoms with Crippen LogP contribution in [-0.2, 0) is 16.1 Å². The van der Waals surface area contributed by atoms with Gasteiger partial charge < -0.3 is 24.0 Å². The minimum absolute atomic E-state index is 0.0378. The standard InChI is InChI=1S/C25H41N3O4/c1-18(2)26-9-7-21(8-10-26)27-14-24(15-28(19(3)4)25(29)16-27)32-17-20-11-22(30-5)13-23(12-20)31-6/h11-13,18-19,21,24H,7-10,14-17H2,1-6H3. The van der Waals surface area contributed by atoms with Gasteiger partial charge in [-0.1, -0.05) is 0 Å². The molecule has 7 nitrogen and oxygen atoms in total. The van der Waals surface area contributed by atoms with E-state index in [9.17, 15) is 4.79 Å². The first-order chi connectivity index (χ1) is 15.3. The van der Waals surface area contributed by atoms with Gasteiger partial charge in [0.15, 0.2) is 0 Å². The Kier molecular flexibility index (Phi) is 8.79. The maximum Gasteiger partial charge on any atom is 0.237 e. The summed E-state index contributed by atoms with van der Waals surface area (Å²) in [5, 5.41) is 0. The van der Waals surface area contributed by atoms with Crippen LogP contribution >= 0.6 is 0 Å². The van der Waals surface area contributed by atoms with Gasteiger partial charge in [0, 0.05) is 37.3 Å². The third-order valence-corrected chi connectivity index (χ3v) is 6.76. The van der Waals surface area contributed by atoms with E-state index >= 15 is 0 Å². The molecule has 2 aliphatic rings. The summed E-state index contributed by atoms with van der Waals surface area (Å²) < 4.78 is 17.2. The van der Waals surface area contributed by atoms with Crippen LogP contribution < -0.4 is 9.47 Å². The third-order valence-electron chi connectivity index (χ3n) is 6.76. The van der Waals surface area contributed by atoms with Crippen molar-refractivity contribution in [3.05, 3.63) is 23.8 Å². The van der Waals surface area contributed by atoms with E-state index in [-0.39, 0.29) is 18.1 Å². The summed E-state index contributed by atoms with van der Waals surface area (Å²) in [4.78, 5) is 19.9. The summed E-state index contributed by atoms with van der Waals surface area (Å²) in [6.45, 7) is 13.2. The number of rotatable bonds is 8. The molecular weight excluding hydrogens is 406 g/mol. The van der Waals surface area contributed by atoms with Gasteiger partial charge in [0.05, 0.1) is 33.5 Å². The van der Waals surface area contributed by atoms with Crippen LogP contribution in [0.3, 0.4) is 0 Å². The summed E-state index contributed by atoms with van der Waals surface area (Å²) in [6, 6.07) is 6.99. The number of carbonyl (C=O) groups is 1. The van der Waals surface area contributed by atoms with Crippen molar-refractivity contribution < 1.29 is 19.0 Å². The second-order valence-corrected chi connectivity index (χ2v) is 9.58. The zero-order chi connectivity index (χ0) is 23.3. The van der Waals surface area contributed by atoms with Crippen molar-refractivity contribution in [2.75, 3.05) is 46.9 Å². The Labute approximate surface area is 193 Å². The molecule has 0 bridgehead atoms. The summed E-state index contributed by atoms with van der Waals surface area (Å²) in [7, 11) is 3.30. The second-order valence-electron chi connectivity index (χ2n) is 9.58. The second kappa shape index (κ2) is 11.3. The number of piperidine rings is 1. The fourth-order valence-electron chi connectivity index (χ4n) is 4.78. The Hall–Kier alpha value is -1.83. The van der Waals surface area contributed by atoms with Gasteiger partial charge in [0.25, 0.3) is 0 Å². The number of methoxy groups -OCH3 is 2. The normalized spacial score (nSPS) is 21.9. The number of carbonyl (C=O) groups excluding carboxylic acids is 1. The van der Waals surface area contributed by atoms with E-state index < -0.39 is 0 Å². The molecule has 0 aliphatic carbocycles. The van der Waals surface area contributed by atoms with Crippen LogP contribution in [0.15, 0.2) is 18.2 Å². The number of hydrogen-bond donors (Lipinski definition) is 0. The van der Waals surface area contributed by atoms with Crippen molar-refractivity contribution in [3.63, 3.8) is 0 Å². The van der Waals surface area contributed by atoms with Gasteiger partial charge in [-0.3, -0.25) is 9.69 Å². The van der Waals surface area contributed by atoms with Crippen molar-refractivity contribution in [1.29, 1.82) is 0 Å². The molecule has 2 heterocycles. The molecule has 1 aromatic carbocycles. The summed E-state index contributed by atoms with van der Waals surface area (Å²) in [5.74, 6) is 1.71. The van der Waals surface area contributed by atoms with Gasteiger partial charge in [-0.2, -0.15) is 0 Å². The van der Waals surface area contributed by atoms with Crippen molar-refractivity contribution >= 4 is 5.91 Å². The minimum Gasteiger partial charge on any atom is -0.497 e. The van der Waals surface area contributed by atoms with Gasteiger partial charge in [0.2, 0.25) is 5.91 Å². The van der Waals surface area contributed by atoms with Crippen LogP contribution in [0.5, 0.6) is 11.5 Å². The highest BCUT2D eigenvalue weighted by Gasteiger charge is 2.34. The van der Waals surface area contributed by atoms with E-state index in [0.717, 1.165) is 49.5 Å². The number of likely N-dealkylation sites (tertiary alicyclic amines) is 1. The quantitative estimate of drug-likeness (QED) is 0.611. The van der Waals surface area contributed by atoms with E-state index in [1.165, 1.54) is 0 Å². The number of ether oxygens (including phenoxy) is 3. The van der Waals surface area contributed by atoms with Gasteiger partial charge in [-0.15, -0.1) is 0 Å². The average Bonchev–Trinajstić information content (AvgIpc) is 2.96. The lowest BCUT2D eigenvalue weighted by Crippen LogP contribution is -2.49. The highest BCUT2D eigenvalue weighted by Crippen LogP contribution is 2.25. The molecule has 1 unspecified atom stereocenters. The van der Waals surface area contributed by atoms with Crippen LogP contribution in [0.4, 0.5) is 0 Å². The molecule has 2 saturated heterocycles. The van der Waals surface area contributed by atoms with Crippen LogP contribution in [0.25, 0.3) is 0 Å². The lowest BCUT2D eigenvalue weighted by molar-refractivity contribution is -0.134. The van der Waals surface area contributed by atoms with Crippen LogP contribution in [0.1, 0.15) is 46.1 Å². The van der Waals surface area contributed by atoms with Crippen molar-refractivity contribution in [3.8, 4) is 11.5 Å². The van der Waals surface area contributed by atoms with Crippen molar-refractivity contribution in [2.45, 2.75) is 71.4 Å². The average molecular weight is 448 g/mol. The molecule has 2 fully saturated rings. The number of benzene rings is 1. The van der Waals surface area contributed by atoms with Crippen molar-refractivity contribution in [1.82, 2.24) is 14.7 Å². The predicted octanol–water partition coefficient (Wildman–Crippen LogP) is 3.01. The third kappa shape index (κ3) is 6.36. The highest BCUT2D eigenvalue weighted by molar-refractivity contribution is 5.79. The molecular formula is C25H41N3O4. The Morgan fingerprint density at radius 3 is 2.09 bits per heavy atom. The van der Waals surface area contributed by atoms with Gasteiger partial charge in [0.1, 0.15) is 11.5 Å². The molecule has 2 aliphatic heterocycles. The summed E-state index contributed by atoms with van der Waals surface area (Å²) >= 11 is 0. The van der Waals surface area contributed by atoms with Crippen LogP contribution in [0, 0.1) is 0 Å². The molecule has 0 spiro atoms. The molecule has 0 radical (unpaired) electrons. The molecule has 1 atom stereocenters. The SMILES string of the molecule is COc1cc(COC2CN(C3CCN(C(C)C)CC3)CC(=O)N(C(C)C)C2)cc(OC)c1. The van der Waals surface area contributed by atoms with E-state index in [1.807, 2.05) is 23.1 Å². The Balaban J connectivity index is 1.70. The topological polar surface area (TPSA) is 54.5 Å². The molecule has 3 rings (SSSR count). The van der Waals surface area contributed by atoms with E-state index in [0.29, 0.717) is 31.8 Å². The molecule has 7 heteroatoms. The Morgan fingerprint density at radius 1 is 0.938 bits per heavy atom. The first kappa shape index (κ1) is 24.8. The van der Waals surface area contributed by atoms with Crippen LogP contribution in [-0.4, -0.2) is 91.8 Å². The molecule has 180 valence electrons. The first-order valence-corrected chi connectivity index (χ1v) is 11.9. The molecule has 0 saturated carbocycles. The van der Waals surface area contributed by atoms with E-state index in [2.05, 4.69) is 37.5 Å². The Bertz CT molecular complexity index is 724. The first-order valence-electron chi connectivity index (χ1n) is 11.9. The summed E-state index contributed by atoms with van der Waals surface area (Å²) in [5.41, 5.74) is 1.00. The molecule has 0 N–H and O–H groups in total. The molecule has 1 amide bonds. The maximum absolute atomic E-state index is 13.1. The molecule has 0 aromatic heterocycles. The summed E-state index contributed by atoms with van der Waals surface area (Å²) in [6.07, 6.45) is 2.17. The zero-order valence-corrected chi connectivity index (χ0v) is 20.7. The fraction of sp³-hybridized carbons (Fsp3) is 0.720. The van der Waals surface area contributed by atoms with E-state index in [1.54, 1.807) is 14.2 Å². The maximum atomic E-state index is 13.1. The predicted molar refractivity (Wildman–Crippen MR) is 126 cm³/mol. The highest BCUT2D eigenvalue weighted by atomic mass is 16.5. The molecule has 32 heavy (non-hydrogen) atoms. The van der Waals surface area contributed by atoms with Gasteiger partial charge in [-0.25, -0.2) is 0 Å².